The fraction of sp³-hybridized carbons (Fsp3) is 0.0588. The summed E-state index contributed by atoms with van der Waals surface area (Å²) < 4.78 is 39.7. The van der Waals surface area contributed by atoms with Crippen LogP contribution >= 0.6 is 0 Å². The van der Waals surface area contributed by atoms with Gasteiger partial charge < -0.3 is 10.6 Å². The first-order valence-electron chi connectivity index (χ1n) is 7.61. The van der Waals surface area contributed by atoms with E-state index >= 15 is 0 Å². The van der Waals surface area contributed by atoms with E-state index < -0.39 is 22.5 Å². The van der Waals surface area contributed by atoms with Crippen LogP contribution in [0.2, 0.25) is 0 Å². The highest BCUT2D eigenvalue weighted by Crippen LogP contribution is 2.35. The number of hydrogen-bond acceptors (Lipinski definition) is 6. The van der Waals surface area contributed by atoms with Crippen molar-refractivity contribution in [3.05, 3.63) is 76.5 Å². The summed E-state index contributed by atoms with van der Waals surface area (Å²) in [6.07, 6.45) is -3.96. The van der Waals surface area contributed by atoms with E-state index in [1.54, 1.807) is 30.3 Å². The van der Waals surface area contributed by atoms with Crippen LogP contribution in [0.1, 0.15) is 5.56 Å². The van der Waals surface area contributed by atoms with Crippen LogP contribution in [0.15, 0.2) is 60.8 Å². The van der Waals surface area contributed by atoms with E-state index in [-0.39, 0.29) is 11.6 Å². The van der Waals surface area contributed by atoms with Gasteiger partial charge in [-0.2, -0.15) is 18.2 Å². The Hall–Kier alpha value is -3.69. The minimum Gasteiger partial charge on any atom is -0.340 e. The van der Waals surface area contributed by atoms with Crippen LogP contribution in [0.3, 0.4) is 0 Å². The summed E-state index contributed by atoms with van der Waals surface area (Å²) in [6, 6.07) is 13.6. The number of nitro groups is 1. The highest BCUT2D eigenvalue weighted by Gasteiger charge is 2.35. The molecule has 0 spiro atoms. The first kappa shape index (κ1) is 18.1. The Morgan fingerprint density at radius 1 is 0.926 bits per heavy atom. The number of nitro benzene ring substituents is 1. The molecule has 27 heavy (non-hydrogen) atoms. The maximum atomic E-state index is 13.2. The van der Waals surface area contributed by atoms with Gasteiger partial charge in [-0.25, -0.2) is 4.98 Å². The first-order chi connectivity index (χ1) is 12.8. The van der Waals surface area contributed by atoms with Gasteiger partial charge in [0.05, 0.1) is 4.92 Å². The predicted molar refractivity (Wildman–Crippen MR) is 93.1 cm³/mol. The smallest absolute Gasteiger partial charge is 0.340 e. The van der Waals surface area contributed by atoms with Crippen LogP contribution in [-0.4, -0.2) is 14.9 Å². The number of anilines is 4. The molecule has 0 atom stereocenters. The monoisotopic (exact) mass is 375 g/mol. The first-order valence-corrected chi connectivity index (χ1v) is 7.61. The Labute approximate surface area is 151 Å². The number of alkyl halides is 3. The molecule has 0 unspecified atom stereocenters. The molecule has 2 N–H and O–H groups in total. The number of rotatable bonds is 5. The molecule has 3 rings (SSSR count). The van der Waals surface area contributed by atoms with Gasteiger partial charge in [0, 0.05) is 29.7 Å². The van der Waals surface area contributed by atoms with Crippen molar-refractivity contribution in [2.45, 2.75) is 6.18 Å². The average Bonchev–Trinajstić information content (AvgIpc) is 2.62. The summed E-state index contributed by atoms with van der Waals surface area (Å²) in [7, 11) is 0. The lowest BCUT2D eigenvalue weighted by Crippen LogP contribution is -2.12. The second kappa shape index (κ2) is 7.28. The third kappa shape index (κ3) is 4.48. The van der Waals surface area contributed by atoms with Crippen LogP contribution in [0.5, 0.6) is 0 Å². The van der Waals surface area contributed by atoms with E-state index in [1.807, 2.05) is 0 Å². The fourth-order valence-corrected chi connectivity index (χ4v) is 2.20. The van der Waals surface area contributed by atoms with Gasteiger partial charge >= 0.3 is 6.18 Å². The van der Waals surface area contributed by atoms with Crippen molar-refractivity contribution in [3.8, 4) is 0 Å². The zero-order valence-corrected chi connectivity index (χ0v) is 13.6. The van der Waals surface area contributed by atoms with Crippen molar-refractivity contribution in [2.24, 2.45) is 0 Å². The van der Waals surface area contributed by atoms with Crippen molar-refractivity contribution in [1.29, 1.82) is 0 Å². The Balaban J connectivity index is 1.90. The van der Waals surface area contributed by atoms with Crippen molar-refractivity contribution >= 4 is 28.8 Å². The van der Waals surface area contributed by atoms with Crippen LogP contribution in [-0.2, 0) is 6.18 Å². The summed E-state index contributed by atoms with van der Waals surface area (Å²) in [5.41, 5.74) is -0.296. The molecule has 2 aromatic carbocycles. The minimum absolute atomic E-state index is 0.0877. The molecule has 1 heterocycles. The van der Waals surface area contributed by atoms with Gasteiger partial charge in [0.2, 0.25) is 5.95 Å². The van der Waals surface area contributed by atoms with Crippen molar-refractivity contribution < 1.29 is 18.1 Å². The SMILES string of the molecule is O=[N+]([O-])c1ccc(Nc2ncc(C(F)(F)F)c(Nc3ccccc3)n2)cc1. The van der Waals surface area contributed by atoms with Gasteiger partial charge in [0.25, 0.3) is 5.69 Å². The maximum absolute atomic E-state index is 13.2. The zero-order chi connectivity index (χ0) is 19.4. The molecular weight excluding hydrogens is 363 g/mol. The molecule has 0 saturated carbocycles. The number of aromatic nitrogens is 2. The van der Waals surface area contributed by atoms with Crippen molar-refractivity contribution in [1.82, 2.24) is 9.97 Å². The quantitative estimate of drug-likeness (QED) is 0.487. The Kier molecular flexibility index (Phi) is 4.88. The second-order valence-corrected chi connectivity index (χ2v) is 5.37. The highest BCUT2D eigenvalue weighted by molar-refractivity contribution is 5.63. The molecule has 3 aromatic rings. The van der Waals surface area contributed by atoms with Crippen LogP contribution in [0.4, 0.5) is 42.0 Å². The van der Waals surface area contributed by atoms with Crippen molar-refractivity contribution in [3.63, 3.8) is 0 Å². The molecule has 0 fully saturated rings. The van der Waals surface area contributed by atoms with Gasteiger partial charge in [-0.3, -0.25) is 10.1 Å². The highest BCUT2D eigenvalue weighted by atomic mass is 19.4. The lowest BCUT2D eigenvalue weighted by atomic mass is 10.2. The molecule has 138 valence electrons. The standard InChI is InChI=1S/C17H12F3N5O2/c18-17(19,20)14-10-21-16(23-12-6-8-13(9-7-12)25(26)27)24-15(14)22-11-4-2-1-3-5-11/h1-10H,(H2,21,22,23,24). The van der Waals surface area contributed by atoms with Crippen LogP contribution in [0, 0.1) is 10.1 Å². The molecule has 0 amide bonds. The van der Waals surface area contributed by atoms with Gasteiger partial charge in [-0.1, -0.05) is 18.2 Å². The number of para-hydroxylation sites is 1. The summed E-state index contributed by atoms with van der Waals surface area (Å²) in [4.78, 5) is 17.7. The average molecular weight is 375 g/mol. The predicted octanol–water partition coefficient (Wildman–Crippen LogP) is 4.89. The number of benzene rings is 2. The molecule has 0 aliphatic rings. The zero-order valence-electron chi connectivity index (χ0n) is 13.6. The molecule has 0 radical (unpaired) electrons. The van der Waals surface area contributed by atoms with Crippen molar-refractivity contribution in [2.75, 3.05) is 10.6 Å². The van der Waals surface area contributed by atoms with E-state index in [2.05, 4.69) is 20.6 Å². The number of hydrogen-bond donors (Lipinski definition) is 2. The molecule has 1 aromatic heterocycles. The molecule has 0 saturated heterocycles. The Bertz CT molecular complexity index is 947. The molecule has 10 heteroatoms. The number of nitrogens with one attached hydrogen (secondary N) is 2. The van der Waals surface area contributed by atoms with E-state index in [9.17, 15) is 23.3 Å². The summed E-state index contributed by atoms with van der Waals surface area (Å²) in [5, 5.41) is 16.0. The number of nitrogens with zero attached hydrogens (tertiary/aromatic N) is 3. The number of non-ortho nitro benzene ring substituents is 1. The van der Waals surface area contributed by atoms with E-state index in [0.29, 0.717) is 17.6 Å². The molecule has 0 bridgehead atoms. The molecule has 0 aliphatic heterocycles. The summed E-state index contributed by atoms with van der Waals surface area (Å²) in [5.74, 6) is -0.497. The third-order valence-electron chi connectivity index (χ3n) is 3.46. The van der Waals surface area contributed by atoms with Gasteiger partial charge in [0.1, 0.15) is 11.4 Å². The topological polar surface area (TPSA) is 93.0 Å². The van der Waals surface area contributed by atoms with E-state index in [4.69, 9.17) is 0 Å². The Morgan fingerprint density at radius 2 is 1.56 bits per heavy atom. The van der Waals surface area contributed by atoms with Crippen LogP contribution in [0.25, 0.3) is 0 Å². The number of halogens is 3. The third-order valence-corrected chi connectivity index (χ3v) is 3.46. The van der Waals surface area contributed by atoms with E-state index in [0.717, 1.165) is 0 Å². The second-order valence-electron chi connectivity index (χ2n) is 5.37. The van der Waals surface area contributed by atoms with E-state index in [1.165, 1.54) is 24.3 Å². The lowest BCUT2D eigenvalue weighted by molar-refractivity contribution is -0.384. The summed E-state index contributed by atoms with van der Waals surface area (Å²) in [6.45, 7) is 0. The Morgan fingerprint density at radius 3 is 2.15 bits per heavy atom. The lowest BCUT2D eigenvalue weighted by Gasteiger charge is -2.14. The van der Waals surface area contributed by atoms with Gasteiger partial charge in [-0.15, -0.1) is 0 Å². The molecular formula is C17H12F3N5O2. The largest absolute Gasteiger partial charge is 0.421 e. The fourth-order valence-electron chi connectivity index (χ4n) is 2.20. The van der Waals surface area contributed by atoms with Gasteiger partial charge in [0.15, 0.2) is 0 Å². The minimum atomic E-state index is -4.64. The molecule has 0 aliphatic carbocycles. The molecule has 7 nitrogen and oxygen atoms in total. The van der Waals surface area contributed by atoms with Crippen LogP contribution < -0.4 is 10.6 Å². The maximum Gasteiger partial charge on any atom is 0.421 e. The van der Waals surface area contributed by atoms with Gasteiger partial charge in [-0.05, 0) is 24.3 Å². The summed E-state index contributed by atoms with van der Waals surface area (Å²) >= 11 is 0. The normalized spacial score (nSPS) is 11.1.